The third-order valence-electron chi connectivity index (χ3n) is 10.2. The lowest BCUT2D eigenvalue weighted by Gasteiger charge is -2.43. The molecule has 0 N–H and O–H groups in total. The normalized spacial score (nSPS) is 23.5. The number of hydrogen-bond acceptors (Lipinski definition) is 8. The van der Waals surface area contributed by atoms with Crippen molar-refractivity contribution in [2.75, 3.05) is 49.6 Å². The molecule has 3 aromatic rings. The molecule has 3 saturated heterocycles. The number of carbonyl (C=O) groups is 1. The Hall–Kier alpha value is -3.59. The maximum atomic E-state index is 13.2. The lowest BCUT2D eigenvalue weighted by atomic mass is 9.98. The molecule has 0 unspecified atom stereocenters. The van der Waals surface area contributed by atoms with E-state index in [0.717, 1.165) is 69.8 Å². The molecule has 0 saturated carbocycles. The van der Waals surface area contributed by atoms with Crippen molar-refractivity contribution in [3.05, 3.63) is 53.2 Å². The number of likely N-dealkylation sites (N-methyl/N-ethyl adjacent to an activating group) is 1. The van der Waals surface area contributed by atoms with E-state index in [1.54, 1.807) is 0 Å². The van der Waals surface area contributed by atoms with E-state index in [2.05, 4.69) is 65.1 Å². The second-order valence-corrected chi connectivity index (χ2v) is 14.3. The van der Waals surface area contributed by atoms with E-state index in [0.29, 0.717) is 25.2 Å². The highest BCUT2D eigenvalue weighted by Gasteiger charge is 2.45. The van der Waals surface area contributed by atoms with Crippen LogP contribution in [-0.4, -0.2) is 89.4 Å². The Bertz CT molecular complexity index is 1550. The molecular weight excluding hydrogens is 564 g/mol. The number of fused-ring (bicyclic) bond motifs is 4. The molecule has 3 atom stereocenters. The molecule has 45 heavy (non-hydrogen) atoms. The van der Waals surface area contributed by atoms with Gasteiger partial charge in [-0.25, -0.2) is 4.79 Å². The van der Waals surface area contributed by atoms with Crippen molar-refractivity contribution in [3.8, 4) is 6.01 Å². The summed E-state index contributed by atoms with van der Waals surface area (Å²) in [6, 6.07) is 14.4. The number of anilines is 2. The fourth-order valence-corrected chi connectivity index (χ4v) is 7.93. The summed E-state index contributed by atoms with van der Waals surface area (Å²) in [6.07, 6.45) is 5.98. The van der Waals surface area contributed by atoms with Crippen LogP contribution in [0.3, 0.4) is 0 Å². The summed E-state index contributed by atoms with van der Waals surface area (Å²) in [5.41, 5.74) is 4.41. The minimum Gasteiger partial charge on any atom is -0.462 e. The van der Waals surface area contributed by atoms with E-state index >= 15 is 0 Å². The maximum absolute atomic E-state index is 13.2. The molecular formula is C36H48N6O3. The summed E-state index contributed by atoms with van der Waals surface area (Å²) in [5, 5.41) is 2.62. The number of benzene rings is 2. The second kappa shape index (κ2) is 12.0. The quantitative estimate of drug-likeness (QED) is 0.345. The van der Waals surface area contributed by atoms with Gasteiger partial charge in [0.05, 0.1) is 24.3 Å². The molecule has 4 aliphatic heterocycles. The molecule has 2 bridgehead atoms. The topological polar surface area (TPSA) is 74.3 Å². The van der Waals surface area contributed by atoms with Crippen LogP contribution in [0.25, 0.3) is 10.8 Å². The van der Waals surface area contributed by atoms with Crippen LogP contribution in [-0.2, 0) is 24.1 Å². The Morgan fingerprint density at radius 1 is 0.978 bits per heavy atom. The number of piperazine rings is 1. The zero-order chi connectivity index (χ0) is 31.3. The van der Waals surface area contributed by atoms with Crippen molar-refractivity contribution in [3.63, 3.8) is 0 Å². The average molecular weight is 613 g/mol. The number of ether oxygens (including phenoxy) is 2. The minimum absolute atomic E-state index is 0.115. The van der Waals surface area contributed by atoms with E-state index in [1.165, 1.54) is 34.0 Å². The average Bonchev–Trinajstić information content (AvgIpc) is 3.56. The van der Waals surface area contributed by atoms with Crippen LogP contribution in [0.2, 0.25) is 0 Å². The van der Waals surface area contributed by atoms with Crippen LogP contribution < -0.4 is 14.5 Å². The van der Waals surface area contributed by atoms with Crippen LogP contribution in [0.5, 0.6) is 6.01 Å². The van der Waals surface area contributed by atoms with E-state index < -0.39 is 5.60 Å². The van der Waals surface area contributed by atoms with Gasteiger partial charge in [0.15, 0.2) is 0 Å². The molecule has 5 heterocycles. The van der Waals surface area contributed by atoms with Gasteiger partial charge in [-0.3, -0.25) is 4.90 Å². The molecule has 1 aromatic heterocycles. The number of nitrogens with zero attached hydrogens (tertiary/aromatic N) is 6. The summed E-state index contributed by atoms with van der Waals surface area (Å²) >= 11 is 0. The van der Waals surface area contributed by atoms with Crippen molar-refractivity contribution in [2.45, 2.75) is 96.5 Å². The van der Waals surface area contributed by atoms with Gasteiger partial charge in [0.25, 0.3) is 0 Å². The maximum Gasteiger partial charge on any atom is 0.410 e. The van der Waals surface area contributed by atoms with E-state index in [-0.39, 0.29) is 18.2 Å². The van der Waals surface area contributed by atoms with Crippen LogP contribution in [0.4, 0.5) is 16.3 Å². The van der Waals surface area contributed by atoms with Crippen molar-refractivity contribution in [1.29, 1.82) is 0 Å². The van der Waals surface area contributed by atoms with E-state index in [9.17, 15) is 4.79 Å². The number of rotatable bonds is 6. The van der Waals surface area contributed by atoms with Crippen molar-refractivity contribution < 1.29 is 14.3 Å². The van der Waals surface area contributed by atoms with Gasteiger partial charge in [-0.1, -0.05) is 37.3 Å². The third-order valence-corrected chi connectivity index (χ3v) is 10.2. The van der Waals surface area contributed by atoms with Gasteiger partial charge in [0.2, 0.25) is 0 Å². The highest BCUT2D eigenvalue weighted by molar-refractivity contribution is 5.97. The number of amides is 1. The Balaban J connectivity index is 1.20. The third kappa shape index (κ3) is 5.91. The second-order valence-electron chi connectivity index (χ2n) is 14.3. The standard InChI is InChI=1S/C36H48N6O3/c1-6-24-10-7-11-25-12-8-14-31(32(24)25)40-19-17-29-30(22-40)37-34(44-23-28-13-9-18-39(28)5)38-33(29)41-20-26-15-16-27(21-41)42(26)35(43)45-36(2,3)4/h7-8,10-12,14,26-28H,6,9,13,15-23H2,1-5H3/t26-,27+,28-/m0/s1. The number of aromatic nitrogens is 2. The van der Waals surface area contributed by atoms with Gasteiger partial charge in [0.1, 0.15) is 18.0 Å². The summed E-state index contributed by atoms with van der Waals surface area (Å²) in [5.74, 6) is 0.988. The van der Waals surface area contributed by atoms with E-state index in [4.69, 9.17) is 19.4 Å². The molecule has 9 heteroatoms. The summed E-state index contributed by atoms with van der Waals surface area (Å²) < 4.78 is 12.2. The summed E-state index contributed by atoms with van der Waals surface area (Å²) in [4.78, 5) is 32.6. The first-order valence-corrected chi connectivity index (χ1v) is 16.9. The Labute approximate surface area is 267 Å². The van der Waals surface area contributed by atoms with Gasteiger partial charge in [-0.2, -0.15) is 9.97 Å². The molecule has 9 nitrogen and oxygen atoms in total. The van der Waals surface area contributed by atoms with Crippen LogP contribution in [0, 0.1) is 0 Å². The predicted molar refractivity (Wildman–Crippen MR) is 178 cm³/mol. The Kier molecular flexibility index (Phi) is 8.00. The zero-order valence-electron chi connectivity index (χ0n) is 27.6. The van der Waals surface area contributed by atoms with Gasteiger partial charge < -0.3 is 24.2 Å². The molecule has 1 amide bonds. The molecule has 0 spiro atoms. The molecule has 3 fully saturated rings. The molecule has 0 aliphatic carbocycles. The largest absolute Gasteiger partial charge is 0.462 e. The van der Waals surface area contributed by atoms with E-state index in [1.807, 2.05) is 25.7 Å². The van der Waals surface area contributed by atoms with Crippen molar-refractivity contribution >= 4 is 28.4 Å². The lowest BCUT2D eigenvalue weighted by molar-refractivity contribution is 0.0122. The monoisotopic (exact) mass is 612 g/mol. The predicted octanol–water partition coefficient (Wildman–Crippen LogP) is 5.82. The molecule has 7 rings (SSSR count). The Morgan fingerprint density at radius 2 is 1.73 bits per heavy atom. The van der Waals surface area contributed by atoms with Crippen LogP contribution in [0.1, 0.15) is 70.2 Å². The molecule has 4 aliphatic rings. The fourth-order valence-electron chi connectivity index (χ4n) is 7.93. The Morgan fingerprint density at radius 3 is 2.42 bits per heavy atom. The fraction of sp³-hybridized carbons (Fsp3) is 0.583. The number of hydrogen-bond donors (Lipinski definition) is 0. The van der Waals surface area contributed by atoms with Gasteiger partial charge >= 0.3 is 12.1 Å². The van der Waals surface area contributed by atoms with Crippen LogP contribution in [0.15, 0.2) is 36.4 Å². The first kappa shape index (κ1) is 30.1. The van der Waals surface area contributed by atoms with Crippen molar-refractivity contribution in [2.24, 2.45) is 0 Å². The van der Waals surface area contributed by atoms with Gasteiger partial charge in [0, 0.05) is 42.3 Å². The lowest BCUT2D eigenvalue weighted by Crippen LogP contribution is -2.57. The summed E-state index contributed by atoms with van der Waals surface area (Å²) in [6.45, 7) is 12.9. The highest BCUT2D eigenvalue weighted by atomic mass is 16.6. The molecule has 0 radical (unpaired) electrons. The SMILES string of the molecule is CCc1cccc2cccc(N3CCc4c(nc(OC[C@@H]5CCCN5C)nc4N4C[C@H]5CC[C@@H](C4)N5C(=O)OC(C)(C)C)C3)c12. The van der Waals surface area contributed by atoms with Crippen LogP contribution >= 0.6 is 0 Å². The van der Waals surface area contributed by atoms with Gasteiger partial charge in [-0.15, -0.1) is 0 Å². The van der Waals surface area contributed by atoms with Crippen molar-refractivity contribution in [1.82, 2.24) is 19.8 Å². The first-order chi connectivity index (χ1) is 21.7. The molecule has 2 aromatic carbocycles. The number of carbonyl (C=O) groups excluding carboxylic acids is 1. The minimum atomic E-state index is -0.507. The highest BCUT2D eigenvalue weighted by Crippen LogP contribution is 2.39. The first-order valence-electron chi connectivity index (χ1n) is 16.9. The smallest absolute Gasteiger partial charge is 0.410 e. The number of likely N-dealkylation sites (tertiary alicyclic amines) is 1. The van der Waals surface area contributed by atoms with Gasteiger partial charge in [-0.05, 0) is 89.9 Å². The number of aryl methyl sites for hydroxylation is 1. The summed E-state index contributed by atoms with van der Waals surface area (Å²) in [7, 11) is 2.17. The zero-order valence-corrected chi connectivity index (χ0v) is 27.6. The molecule has 240 valence electrons.